The molecule has 1 aromatic rings. The summed E-state index contributed by atoms with van der Waals surface area (Å²) in [5, 5.41) is 4.16. The van der Waals surface area contributed by atoms with E-state index in [1.807, 2.05) is 31.2 Å². The molecule has 2 rings (SSSR count). The first-order valence-corrected chi connectivity index (χ1v) is 5.90. The fourth-order valence-electron chi connectivity index (χ4n) is 2.09. The van der Waals surface area contributed by atoms with Gasteiger partial charge in [-0.25, -0.2) is 0 Å². The van der Waals surface area contributed by atoms with Crippen LogP contribution in [0.5, 0.6) is 0 Å². The van der Waals surface area contributed by atoms with Crippen molar-refractivity contribution < 1.29 is 4.74 Å². The number of halogens is 1. The summed E-state index contributed by atoms with van der Waals surface area (Å²) < 4.78 is 5.59. The highest BCUT2D eigenvalue weighted by atomic mass is 35.5. The summed E-state index contributed by atoms with van der Waals surface area (Å²) in [6.45, 7) is 3.33. The minimum atomic E-state index is -0.189. The van der Waals surface area contributed by atoms with Crippen LogP contribution >= 0.6 is 11.6 Å². The van der Waals surface area contributed by atoms with E-state index in [1.54, 1.807) is 0 Å². The molecule has 4 heteroatoms. The van der Waals surface area contributed by atoms with Crippen LogP contribution in [0.2, 0.25) is 5.02 Å². The minimum Gasteiger partial charge on any atom is -0.376 e. The van der Waals surface area contributed by atoms with E-state index in [9.17, 15) is 0 Å². The van der Waals surface area contributed by atoms with E-state index in [2.05, 4.69) is 5.32 Å². The van der Waals surface area contributed by atoms with Crippen LogP contribution in [0.15, 0.2) is 24.3 Å². The number of ether oxygens (including phenoxy) is 1. The van der Waals surface area contributed by atoms with Gasteiger partial charge in [0, 0.05) is 13.2 Å². The smallest absolute Gasteiger partial charge is 0.0789 e. The van der Waals surface area contributed by atoms with Crippen LogP contribution < -0.4 is 11.1 Å². The van der Waals surface area contributed by atoms with Crippen molar-refractivity contribution in [3.05, 3.63) is 29.3 Å². The number of hydrogen-bond acceptors (Lipinski definition) is 3. The fourth-order valence-corrected chi connectivity index (χ4v) is 2.28. The van der Waals surface area contributed by atoms with Crippen molar-refractivity contribution >= 4 is 17.3 Å². The maximum absolute atomic E-state index is 6.13. The lowest BCUT2D eigenvalue weighted by atomic mass is 9.91. The van der Waals surface area contributed by atoms with Gasteiger partial charge in [-0.2, -0.15) is 0 Å². The Balaban J connectivity index is 2.22. The molecule has 0 saturated carbocycles. The molecular formula is C12H17ClN2O. The van der Waals surface area contributed by atoms with E-state index in [0.29, 0.717) is 6.54 Å². The highest BCUT2D eigenvalue weighted by Gasteiger charge is 2.40. The number of hydrogen-bond donors (Lipinski definition) is 2. The Hall–Kier alpha value is -0.770. The number of benzene rings is 1. The van der Waals surface area contributed by atoms with E-state index in [0.717, 1.165) is 23.7 Å². The molecule has 0 aromatic heterocycles. The van der Waals surface area contributed by atoms with E-state index in [1.165, 1.54) is 0 Å². The second kappa shape index (κ2) is 4.62. The standard InChI is InChI=1S/C12H17ClN2O/c1-9-12(8-14,6-7-16-9)15-11-5-3-2-4-10(11)13/h2-5,9,15H,6-8,14H2,1H3. The van der Waals surface area contributed by atoms with Crippen molar-refractivity contribution in [2.45, 2.75) is 25.0 Å². The fraction of sp³-hybridized carbons (Fsp3) is 0.500. The normalized spacial score (nSPS) is 29.3. The first kappa shape index (κ1) is 11.7. The maximum Gasteiger partial charge on any atom is 0.0789 e. The largest absolute Gasteiger partial charge is 0.376 e. The average molecular weight is 241 g/mol. The summed E-state index contributed by atoms with van der Waals surface area (Å²) in [5.41, 5.74) is 6.61. The summed E-state index contributed by atoms with van der Waals surface area (Å²) in [7, 11) is 0. The van der Waals surface area contributed by atoms with Crippen LogP contribution in [-0.4, -0.2) is 24.8 Å². The highest BCUT2D eigenvalue weighted by Crippen LogP contribution is 2.32. The topological polar surface area (TPSA) is 47.3 Å². The van der Waals surface area contributed by atoms with Crippen LogP contribution in [0, 0.1) is 0 Å². The summed E-state index contributed by atoms with van der Waals surface area (Å²) in [5.74, 6) is 0. The van der Waals surface area contributed by atoms with Crippen LogP contribution in [0.4, 0.5) is 5.69 Å². The zero-order chi connectivity index (χ0) is 11.6. The molecule has 16 heavy (non-hydrogen) atoms. The molecule has 2 unspecified atom stereocenters. The van der Waals surface area contributed by atoms with Crippen LogP contribution in [0.3, 0.4) is 0 Å². The van der Waals surface area contributed by atoms with E-state index in [-0.39, 0.29) is 11.6 Å². The van der Waals surface area contributed by atoms with Gasteiger partial charge in [0.25, 0.3) is 0 Å². The second-order valence-corrected chi connectivity index (χ2v) is 4.64. The molecule has 3 nitrogen and oxygen atoms in total. The third-order valence-electron chi connectivity index (χ3n) is 3.32. The van der Waals surface area contributed by atoms with Gasteiger partial charge in [0.2, 0.25) is 0 Å². The van der Waals surface area contributed by atoms with Gasteiger partial charge < -0.3 is 15.8 Å². The summed E-state index contributed by atoms with van der Waals surface area (Å²) in [6, 6.07) is 7.70. The van der Waals surface area contributed by atoms with Crippen LogP contribution in [0.25, 0.3) is 0 Å². The molecule has 0 aliphatic carbocycles. The minimum absolute atomic E-state index is 0.105. The SMILES string of the molecule is CC1OCCC1(CN)Nc1ccccc1Cl. The maximum atomic E-state index is 6.13. The Labute approximate surface area is 101 Å². The van der Waals surface area contributed by atoms with E-state index in [4.69, 9.17) is 22.1 Å². The zero-order valence-corrected chi connectivity index (χ0v) is 10.1. The van der Waals surface area contributed by atoms with Gasteiger partial charge in [-0.15, -0.1) is 0 Å². The molecule has 0 radical (unpaired) electrons. The number of para-hydroxylation sites is 1. The molecule has 1 fully saturated rings. The van der Waals surface area contributed by atoms with E-state index >= 15 is 0 Å². The molecule has 0 bridgehead atoms. The molecular weight excluding hydrogens is 224 g/mol. The number of anilines is 1. The first-order chi connectivity index (χ1) is 7.68. The summed E-state index contributed by atoms with van der Waals surface area (Å²) >= 11 is 6.13. The summed E-state index contributed by atoms with van der Waals surface area (Å²) in [4.78, 5) is 0. The molecule has 1 saturated heterocycles. The van der Waals surface area contributed by atoms with Crippen molar-refractivity contribution in [3.63, 3.8) is 0 Å². The Bertz CT molecular complexity index is 372. The molecule has 1 aliphatic rings. The number of nitrogens with one attached hydrogen (secondary N) is 1. The second-order valence-electron chi connectivity index (χ2n) is 4.23. The molecule has 3 N–H and O–H groups in total. The van der Waals surface area contributed by atoms with Gasteiger partial charge in [0.05, 0.1) is 22.4 Å². The van der Waals surface area contributed by atoms with Gasteiger partial charge in [-0.05, 0) is 25.5 Å². The van der Waals surface area contributed by atoms with Crippen molar-refractivity contribution in [2.75, 3.05) is 18.5 Å². The van der Waals surface area contributed by atoms with Gasteiger partial charge in [0.1, 0.15) is 0 Å². The van der Waals surface area contributed by atoms with E-state index < -0.39 is 0 Å². The molecule has 88 valence electrons. The highest BCUT2D eigenvalue weighted by molar-refractivity contribution is 6.33. The lowest BCUT2D eigenvalue weighted by molar-refractivity contribution is 0.103. The predicted octanol–water partition coefficient (Wildman–Crippen LogP) is 2.26. The lowest BCUT2D eigenvalue weighted by Crippen LogP contribution is -2.50. The van der Waals surface area contributed by atoms with Crippen LogP contribution in [0.1, 0.15) is 13.3 Å². The Morgan fingerprint density at radius 1 is 1.56 bits per heavy atom. The number of rotatable bonds is 3. The third kappa shape index (κ3) is 2.03. The van der Waals surface area contributed by atoms with Gasteiger partial charge in [-0.3, -0.25) is 0 Å². The Morgan fingerprint density at radius 3 is 2.88 bits per heavy atom. The van der Waals surface area contributed by atoms with Crippen molar-refractivity contribution in [2.24, 2.45) is 5.73 Å². The monoisotopic (exact) mass is 240 g/mol. The lowest BCUT2D eigenvalue weighted by Gasteiger charge is -2.33. The molecule has 2 atom stereocenters. The molecule has 1 aromatic carbocycles. The molecule has 0 amide bonds. The zero-order valence-electron chi connectivity index (χ0n) is 9.37. The van der Waals surface area contributed by atoms with Gasteiger partial charge in [0.15, 0.2) is 0 Å². The van der Waals surface area contributed by atoms with Gasteiger partial charge in [-0.1, -0.05) is 23.7 Å². The molecule has 0 spiro atoms. The van der Waals surface area contributed by atoms with Gasteiger partial charge >= 0.3 is 0 Å². The Kier molecular flexibility index (Phi) is 3.38. The van der Waals surface area contributed by atoms with Crippen LogP contribution in [-0.2, 0) is 4.74 Å². The molecule has 1 heterocycles. The first-order valence-electron chi connectivity index (χ1n) is 5.52. The quantitative estimate of drug-likeness (QED) is 0.852. The third-order valence-corrected chi connectivity index (χ3v) is 3.65. The number of nitrogens with two attached hydrogens (primary N) is 1. The van der Waals surface area contributed by atoms with Crippen molar-refractivity contribution in [1.29, 1.82) is 0 Å². The average Bonchev–Trinajstić information content (AvgIpc) is 2.64. The summed E-state index contributed by atoms with van der Waals surface area (Å²) in [6.07, 6.45) is 1.02. The Morgan fingerprint density at radius 2 is 2.31 bits per heavy atom. The molecule has 1 aliphatic heterocycles. The predicted molar refractivity (Wildman–Crippen MR) is 66.9 cm³/mol. The van der Waals surface area contributed by atoms with Crippen molar-refractivity contribution in [3.8, 4) is 0 Å². The van der Waals surface area contributed by atoms with Crippen molar-refractivity contribution in [1.82, 2.24) is 0 Å².